The number of fused-ring (bicyclic) bond motifs is 1. The van der Waals surface area contributed by atoms with Gasteiger partial charge in [-0.05, 0) is 56.6 Å². The first-order valence-corrected chi connectivity index (χ1v) is 7.60. The van der Waals surface area contributed by atoms with Gasteiger partial charge >= 0.3 is 0 Å². The molecule has 0 aliphatic carbocycles. The van der Waals surface area contributed by atoms with Gasteiger partial charge in [-0.15, -0.1) is 0 Å². The lowest BCUT2D eigenvalue weighted by Crippen LogP contribution is -2.43. The number of H-pyrrole nitrogens is 1. The van der Waals surface area contributed by atoms with Crippen LogP contribution in [0.3, 0.4) is 0 Å². The molecule has 1 amide bonds. The zero-order valence-corrected chi connectivity index (χ0v) is 12.8. The predicted octanol–water partition coefficient (Wildman–Crippen LogP) is 2.63. The van der Waals surface area contributed by atoms with Gasteiger partial charge in [0.2, 0.25) is 0 Å². The summed E-state index contributed by atoms with van der Waals surface area (Å²) in [6.45, 7) is 5.25. The summed E-state index contributed by atoms with van der Waals surface area (Å²) < 4.78 is 0. The van der Waals surface area contributed by atoms with Gasteiger partial charge in [-0.25, -0.2) is 0 Å². The van der Waals surface area contributed by atoms with Crippen LogP contribution in [0.1, 0.15) is 30.1 Å². The lowest BCUT2D eigenvalue weighted by atomic mass is 9.80. The van der Waals surface area contributed by atoms with Crippen LogP contribution in [-0.2, 0) is 0 Å². The Hall–Kier alpha value is -1.81. The Labute approximate surface area is 125 Å². The second-order valence-electron chi connectivity index (χ2n) is 6.54. The van der Waals surface area contributed by atoms with Gasteiger partial charge in [-0.3, -0.25) is 4.79 Å². The zero-order chi connectivity index (χ0) is 14.9. The fourth-order valence-electron chi connectivity index (χ4n) is 3.01. The van der Waals surface area contributed by atoms with Crippen LogP contribution in [0.15, 0.2) is 30.5 Å². The Balaban J connectivity index is 1.68. The molecule has 0 unspecified atom stereocenters. The number of nitrogens with one attached hydrogen (secondary N) is 2. The van der Waals surface area contributed by atoms with E-state index < -0.39 is 0 Å². The van der Waals surface area contributed by atoms with Crippen molar-refractivity contribution in [1.29, 1.82) is 0 Å². The molecule has 1 saturated heterocycles. The molecule has 0 bridgehead atoms. The van der Waals surface area contributed by atoms with Gasteiger partial charge in [0.15, 0.2) is 0 Å². The molecule has 0 spiro atoms. The lowest BCUT2D eigenvalue weighted by molar-refractivity contribution is 0.0893. The van der Waals surface area contributed by atoms with E-state index in [1.165, 1.54) is 0 Å². The summed E-state index contributed by atoms with van der Waals surface area (Å²) >= 11 is 0. The van der Waals surface area contributed by atoms with Crippen LogP contribution in [0.4, 0.5) is 0 Å². The van der Waals surface area contributed by atoms with E-state index in [-0.39, 0.29) is 11.3 Å². The minimum Gasteiger partial charge on any atom is -0.361 e. The number of carbonyl (C=O) groups is 1. The number of nitrogens with zero attached hydrogens (tertiary/aromatic N) is 1. The number of aromatic amines is 1. The van der Waals surface area contributed by atoms with Crippen LogP contribution in [0.25, 0.3) is 10.9 Å². The molecular formula is C17H23N3O. The van der Waals surface area contributed by atoms with Crippen LogP contribution in [0.2, 0.25) is 0 Å². The first-order valence-electron chi connectivity index (χ1n) is 7.60. The quantitative estimate of drug-likeness (QED) is 0.910. The van der Waals surface area contributed by atoms with Gasteiger partial charge in [0.1, 0.15) is 0 Å². The number of carbonyl (C=O) groups excluding carboxylic acids is 1. The molecule has 1 fully saturated rings. The molecule has 2 aromatic rings. The Bertz CT molecular complexity index is 638. The Morgan fingerprint density at radius 1 is 1.33 bits per heavy atom. The van der Waals surface area contributed by atoms with Crippen LogP contribution >= 0.6 is 0 Å². The van der Waals surface area contributed by atoms with E-state index in [0.29, 0.717) is 0 Å². The number of piperidine rings is 1. The normalized spacial score (nSPS) is 18.8. The van der Waals surface area contributed by atoms with E-state index in [1.807, 2.05) is 30.5 Å². The number of likely N-dealkylation sites (tertiary alicyclic amines) is 1. The van der Waals surface area contributed by atoms with E-state index in [0.717, 1.165) is 48.9 Å². The molecule has 2 N–H and O–H groups in total. The Kier molecular flexibility index (Phi) is 3.72. The summed E-state index contributed by atoms with van der Waals surface area (Å²) in [6.07, 6.45) is 4.15. The highest BCUT2D eigenvalue weighted by atomic mass is 16.1. The van der Waals surface area contributed by atoms with Crippen molar-refractivity contribution in [2.24, 2.45) is 5.41 Å². The molecule has 3 rings (SSSR count). The first kappa shape index (κ1) is 14.1. The van der Waals surface area contributed by atoms with Crippen LogP contribution in [-0.4, -0.2) is 42.5 Å². The first-order chi connectivity index (χ1) is 10.1. The topological polar surface area (TPSA) is 48.1 Å². The average molecular weight is 285 g/mol. The minimum absolute atomic E-state index is 0.0281. The largest absolute Gasteiger partial charge is 0.361 e. The standard InChI is InChI=1S/C17H23N3O/c1-17(7-10-20(2)11-8-17)12-19-16(21)14-4-3-5-15-13(14)6-9-18-15/h3-6,9,18H,7-8,10-12H2,1-2H3,(H,19,21). The molecule has 0 atom stereocenters. The smallest absolute Gasteiger partial charge is 0.251 e. The highest BCUT2D eigenvalue weighted by Crippen LogP contribution is 2.29. The monoisotopic (exact) mass is 285 g/mol. The molecule has 4 nitrogen and oxygen atoms in total. The minimum atomic E-state index is 0.0281. The van der Waals surface area contributed by atoms with Gasteiger partial charge in [0.05, 0.1) is 0 Å². The maximum absolute atomic E-state index is 12.5. The number of benzene rings is 1. The van der Waals surface area contributed by atoms with E-state index in [9.17, 15) is 4.79 Å². The van der Waals surface area contributed by atoms with Crippen LogP contribution in [0, 0.1) is 5.41 Å². The number of rotatable bonds is 3. The fourth-order valence-corrected chi connectivity index (χ4v) is 3.01. The number of amides is 1. The Morgan fingerprint density at radius 2 is 2.10 bits per heavy atom. The van der Waals surface area contributed by atoms with Crippen LogP contribution in [0.5, 0.6) is 0 Å². The van der Waals surface area contributed by atoms with Gasteiger partial charge in [-0.1, -0.05) is 13.0 Å². The molecular weight excluding hydrogens is 262 g/mol. The van der Waals surface area contributed by atoms with Crippen molar-refractivity contribution in [2.75, 3.05) is 26.7 Å². The summed E-state index contributed by atoms with van der Waals surface area (Å²) in [4.78, 5) is 18.0. The van der Waals surface area contributed by atoms with Crippen molar-refractivity contribution in [3.8, 4) is 0 Å². The van der Waals surface area contributed by atoms with Gasteiger partial charge in [0.25, 0.3) is 5.91 Å². The predicted molar refractivity (Wildman–Crippen MR) is 85.5 cm³/mol. The molecule has 0 radical (unpaired) electrons. The van der Waals surface area contributed by atoms with Crippen molar-refractivity contribution < 1.29 is 4.79 Å². The summed E-state index contributed by atoms with van der Waals surface area (Å²) in [5.74, 6) is 0.0281. The fraction of sp³-hybridized carbons (Fsp3) is 0.471. The van der Waals surface area contributed by atoms with Gasteiger partial charge in [0, 0.05) is 29.2 Å². The molecule has 21 heavy (non-hydrogen) atoms. The summed E-state index contributed by atoms with van der Waals surface area (Å²) in [5, 5.41) is 4.12. The van der Waals surface area contributed by atoms with Crippen LogP contribution < -0.4 is 5.32 Å². The van der Waals surface area contributed by atoms with Gasteiger partial charge < -0.3 is 15.2 Å². The molecule has 1 aliphatic heterocycles. The SMILES string of the molecule is CN1CCC(C)(CNC(=O)c2cccc3[nH]ccc23)CC1. The maximum atomic E-state index is 12.5. The Morgan fingerprint density at radius 3 is 2.86 bits per heavy atom. The molecule has 0 saturated carbocycles. The molecule has 2 heterocycles. The lowest BCUT2D eigenvalue weighted by Gasteiger charge is -2.37. The molecule has 1 aliphatic rings. The average Bonchev–Trinajstić information content (AvgIpc) is 2.97. The highest BCUT2D eigenvalue weighted by Gasteiger charge is 2.29. The second kappa shape index (κ2) is 5.53. The van der Waals surface area contributed by atoms with Crippen molar-refractivity contribution in [2.45, 2.75) is 19.8 Å². The second-order valence-corrected chi connectivity index (χ2v) is 6.54. The van der Waals surface area contributed by atoms with Crippen molar-refractivity contribution in [3.05, 3.63) is 36.0 Å². The molecule has 1 aromatic carbocycles. The third-order valence-corrected chi connectivity index (χ3v) is 4.71. The third-order valence-electron chi connectivity index (χ3n) is 4.71. The number of aromatic nitrogens is 1. The van der Waals surface area contributed by atoms with E-state index in [2.05, 4.69) is 29.2 Å². The van der Waals surface area contributed by atoms with Crippen molar-refractivity contribution >= 4 is 16.8 Å². The highest BCUT2D eigenvalue weighted by molar-refractivity contribution is 6.06. The summed E-state index contributed by atoms with van der Waals surface area (Å²) in [5.41, 5.74) is 1.98. The van der Waals surface area contributed by atoms with Crippen molar-refractivity contribution in [1.82, 2.24) is 15.2 Å². The number of hydrogen-bond donors (Lipinski definition) is 2. The van der Waals surface area contributed by atoms with Gasteiger partial charge in [-0.2, -0.15) is 0 Å². The molecule has 112 valence electrons. The zero-order valence-electron chi connectivity index (χ0n) is 12.8. The third kappa shape index (κ3) is 2.95. The van der Waals surface area contributed by atoms with E-state index >= 15 is 0 Å². The van der Waals surface area contributed by atoms with Crippen molar-refractivity contribution in [3.63, 3.8) is 0 Å². The molecule has 4 heteroatoms. The van der Waals surface area contributed by atoms with E-state index in [4.69, 9.17) is 0 Å². The maximum Gasteiger partial charge on any atom is 0.251 e. The van der Waals surface area contributed by atoms with E-state index in [1.54, 1.807) is 0 Å². The molecule has 1 aromatic heterocycles. The number of hydrogen-bond acceptors (Lipinski definition) is 2. The summed E-state index contributed by atoms with van der Waals surface area (Å²) in [7, 11) is 2.16. The summed E-state index contributed by atoms with van der Waals surface area (Å²) in [6, 6.07) is 7.76.